The van der Waals surface area contributed by atoms with Crippen LogP contribution < -0.4 is 4.57 Å². The van der Waals surface area contributed by atoms with Crippen LogP contribution in [-0.4, -0.2) is 14.8 Å². The van der Waals surface area contributed by atoms with Gasteiger partial charge < -0.3 is 0 Å². The first-order chi connectivity index (χ1) is 13.5. The van der Waals surface area contributed by atoms with E-state index in [-0.39, 0.29) is 0 Å². The lowest BCUT2D eigenvalue weighted by Gasteiger charge is -2.12. The van der Waals surface area contributed by atoms with Crippen molar-refractivity contribution in [3.63, 3.8) is 0 Å². The minimum Gasteiger partial charge on any atom is -0.255 e. The van der Waals surface area contributed by atoms with E-state index in [4.69, 9.17) is 10.1 Å². The third-order valence-electron chi connectivity index (χ3n) is 5.56. The molecule has 0 saturated carbocycles. The first-order valence-electron chi connectivity index (χ1n) is 9.67. The highest BCUT2D eigenvalue weighted by molar-refractivity contribution is 5.66. The number of hydrogen-bond donors (Lipinski definition) is 0. The Bertz CT molecular complexity index is 1210. The quantitative estimate of drug-likeness (QED) is 0.431. The highest BCUT2D eigenvalue weighted by Crippen LogP contribution is 2.33. The van der Waals surface area contributed by atoms with E-state index in [1.807, 2.05) is 0 Å². The van der Waals surface area contributed by atoms with E-state index in [1.165, 1.54) is 22.3 Å². The number of pyridine rings is 1. The van der Waals surface area contributed by atoms with Gasteiger partial charge in [-0.25, -0.2) is 0 Å². The first kappa shape index (κ1) is 16.9. The third-order valence-corrected chi connectivity index (χ3v) is 5.56. The normalized spacial score (nSPS) is 12.1. The molecule has 0 N–H and O–H groups in total. The molecule has 28 heavy (non-hydrogen) atoms. The van der Waals surface area contributed by atoms with E-state index in [0.29, 0.717) is 0 Å². The van der Waals surface area contributed by atoms with Crippen molar-refractivity contribution >= 4 is 0 Å². The van der Waals surface area contributed by atoms with Crippen LogP contribution in [0.2, 0.25) is 0 Å². The summed E-state index contributed by atoms with van der Waals surface area (Å²) in [4.78, 5) is 4.77. The SMILES string of the molecule is Cc1cc(C)c(-[n+]2c(-c3ccccc3C)nn3c2-c2ccccc2C3)c(C)n1. The molecular formula is C24H23N4+. The Morgan fingerprint density at radius 1 is 0.857 bits per heavy atom. The number of aromatic nitrogens is 4. The molecule has 2 aromatic heterocycles. The van der Waals surface area contributed by atoms with Crippen molar-refractivity contribution in [2.24, 2.45) is 0 Å². The Kier molecular flexibility index (Phi) is 3.69. The second-order valence-corrected chi connectivity index (χ2v) is 7.63. The van der Waals surface area contributed by atoms with E-state index in [1.54, 1.807) is 0 Å². The zero-order chi connectivity index (χ0) is 19.4. The first-order valence-corrected chi connectivity index (χ1v) is 9.67. The van der Waals surface area contributed by atoms with E-state index < -0.39 is 0 Å². The van der Waals surface area contributed by atoms with Gasteiger partial charge in [-0.3, -0.25) is 4.98 Å². The fraction of sp³-hybridized carbons (Fsp3) is 0.208. The van der Waals surface area contributed by atoms with Gasteiger partial charge in [0.15, 0.2) is 0 Å². The van der Waals surface area contributed by atoms with Crippen LogP contribution in [0.25, 0.3) is 28.5 Å². The average Bonchev–Trinajstić information content (AvgIpc) is 3.18. The summed E-state index contributed by atoms with van der Waals surface area (Å²) in [7, 11) is 0. The van der Waals surface area contributed by atoms with Crippen LogP contribution in [0, 0.1) is 27.7 Å². The number of fused-ring (bicyclic) bond motifs is 3. The lowest BCUT2D eigenvalue weighted by Crippen LogP contribution is -2.36. The summed E-state index contributed by atoms with van der Waals surface area (Å²) in [6, 6.07) is 19.2. The molecule has 0 amide bonds. The molecule has 4 heteroatoms. The molecular weight excluding hydrogens is 344 g/mol. The summed E-state index contributed by atoms with van der Waals surface area (Å²) in [5, 5.41) is 5.07. The molecule has 0 bridgehead atoms. The van der Waals surface area contributed by atoms with Crippen molar-refractivity contribution in [3.05, 3.63) is 82.7 Å². The van der Waals surface area contributed by atoms with Crippen LogP contribution in [0.3, 0.4) is 0 Å². The molecule has 0 fully saturated rings. The summed E-state index contributed by atoms with van der Waals surface area (Å²) in [6.07, 6.45) is 0. The number of nitrogens with zero attached hydrogens (tertiary/aromatic N) is 4. The van der Waals surface area contributed by atoms with Crippen LogP contribution in [0.1, 0.15) is 28.1 Å². The molecule has 0 unspecified atom stereocenters. The molecule has 0 aliphatic carbocycles. The molecule has 1 aliphatic heterocycles. The second-order valence-electron chi connectivity index (χ2n) is 7.63. The topological polar surface area (TPSA) is 34.6 Å². The Morgan fingerprint density at radius 2 is 1.57 bits per heavy atom. The summed E-state index contributed by atoms with van der Waals surface area (Å²) in [5.41, 5.74) is 9.34. The minimum atomic E-state index is 0.800. The molecule has 2 aromatic carbocycles. The van der Waals surface area contributed by atoms with E-state index in [9.17, 15) is 0 Å². The summed E-state index contributed by atoms with van der Waals surface area (Å²) < 4.78 is 4.44. The van der Waals surface area contributed by atoms with Crippen LogP contribution in [-0.2, 0) is 6.54 Å². The van der Waals surface area contributed by atoms with Crippen molar-refractivity contribution < 1.29 is 4.57 Å². The standard InChI is InChI=1S/C24H23N4/c1-15-9-5-7-11-20(15)23-26-27-14-19-10-6-8-12-21(19)24(27)28(23)22-16(2)13-17(3)25-18(22)4/h5-13H,14H2,1-4H3/q+1. The predicted octanol–water partition coefficient (Wildman–Crippen LogP) is 4.48. The van der Waals surface area contributed by atoms with E-state index >= 15 is 0 Å². The molecule has 0 saturated heterocycles. The molecule has 5 rings (SSSR count). The Morgan fingerprint density at radius 3 is 2.32 bits per heavy atom. The molecule has 0 spiro atoms. The number of rotatable bonds is 2. The van der Waals surface area contributed by atoms with Crippen molar-refractivity contribution in [1.82, 2.24) is 14.8 Å². The third kappa shape index (κ3) is 2.41. The smallest absolute Gasteiger partial charge is 0.255 e. The van der Waals surface area contributed by atoms with E-state index in [2.05, 4.69) is 91.5 Å². The molecule has 0 atom stereocenters. The Labute approximate surface area is 165 Å². The second kappa shape index (κ2) is 6.13. The van der Waals surface area contributed by atoms with Gasteiger partial charge in [0.25, 0.3) is 5.82 Å². The van der Waals surface area contributed by atoms with Crippen molar-refractivity contribution in [3.8, 4) is 28.5 Å². The fourth-order valence-electron chi connectivity index (χ4n) is 4.39. The summed E-state index contributed by atoms with van der Waals surface area (Å²) in [5.74, 6) is 2.10. The van der Waals surface area contributed by atoms with Gasteiger partial charge in [0.1, 0.15) is 12.2 Å². The van der Waals surface area contributed by atoms with Crippen molar-refractivity contribution in [2.45, 2.75) is 34.2 Å². The maximum atomic E-state index is 5.07. The van der Waals surface area contributed by atoms with Crippen LogP contribution >= 0.6 is 0 Å². The van der Waals surface area contributed by atoms with Gasteiger partial charge in [-0.05, 0) is 57.0 Å². The van der Waals surface area contributed by atoms with E-state index in [0.717, 1.165) is 40.8 Å². The highest BCUT2D eigenvalue weighted by atomic mass is 15.4. The van der Waals surface area contributed by atoms with Gasteiger partial charge in [-0.15, -0.1) is 4.68 Å². The number of hydrogen-bond acceptors (Lipinski definition) is 2. The maximum Gasteiger partial charge on any atom is 0.314 e. The largest absolute Gasteiger partial charge is 0.314 e. The van der Waals surface area contributed by atoms with Gasteiger partial charge >= 0.3 is 5.82 Å². The van der Waals surface area contributed by atoms with Crippen molar-refractivity contribution in [1.29, 1.82) is 0 Å². The van der Waals surface area contributed by atoms with Gasteiger partial charge in [0, 0.05) is 16.4 Å². The monoisotopic (exact) mass is 367 g/mol. The fourth-order valence-corrected chi connectivity index (χ4v) is 4.39. The molecule has 1 aliphatic rings. The maximum absolute atomic E-state index is 5.07. The lowest BCUT2D eigenvalue weighted by atomic mass is 10.1. The summed E-state index contributed by atoms with van der Waals surface area (Å²) >= 11 is 0. The molecule has 4 aromatic rings. The molecule has 3 heterocycles. The van der Waals surface area contributed by atoms with Gasteiger partial charge in [-0.1, -0.05) is 36.4 Å². The van der Waals surface area contributed by atoms with Gasteiger partial charge in [0.05, 0.1) is 16.8 Å². The Hall–Kier alpha value is -3.27. The van der Waals surface area contributed by atoms with Gasteiger partial charge in [0.2, 0.25) is 0 Å². The zero-order valence-electron chi connectivity index (χ0n) is 16.7. The number of benzene rings is 2. The number of aryl methyl sites for hydroxylation is 4. The molecule has 4 nitrogen and oxygen atoms in total. The minimum absolute atomic E-state index is 0.800. The predicted molar refractivity (Wildman–Crippen MR) is 110 cm³/mol. The van der Waals surface area contributed by atoms with Crippen LogP contribution in [0.5, 0.6) is 0 Å². The molecule has 138 valence electrons. The van der Waals surface area contributed by atoms with Crippen molar-refractivity contribution in [2.75, 3.05) is 0 Å². The summed E-state index contributed by atoms with van der Waals surface area (Å²) in [6.45, 7) is 9.25. The highest BCUT2D eigenvalue weighted by Gasteiger charge is 2.37. The van der Waals surface area contributed by atoms with Gasteiger partial charge in [-0.2, -0.15) is 4.57 Å². The average molecular weight is 367 g/mol. The zero-order valence-corrected chi connectivity index (χ0v) is 16.7. The van der Waals surface area contributed by atoms with Crippen LogP contribution in [0.4, 0.5) is 0 Å². The lowest BCUT2D eigenvalue weighted by molar-refractivity contribution is -0.573. The molecule has 0 radical (unpaired) electrons. The Balaban J connectivity index is 1.90. The van der Waals surface area contributed by atoms with Crippen LogP contribution in [0.15, 0.2) is 54.6 Å².